The molecular weight excluding hydrogens is 555 g/mol. The molecule has 4 N–H and O–H groups in total. The van der Waals surface area contributed by atoms with E-state index in [4.69, 9.17) is 24.3 Å². The summed E-state index contributed by atoms with van der Waals surface area (Å²) in [5.41, 5.74) is -0.410. The monoisotopic (exact) mass is 589 g/mol. The quantitative estimate of drug-likeness (QED) is 0.261. The number of halogens is 2. The summed E-state index contributed by atoms with van der Waals surface area (Å²) in [7, 11) is -4.26. The molecule has 0 radical (unpaired) electrons. The fourth-order valence-electron chi connectivity index (χ4n) is 4.32. The largest absolute Gasteiger partial charge is 0.463 e. The zero-order valence-corrected chi connectivity index (χ0v) is 23.6. The van der Waals surface area contributed by atoms with Gasteiger partial charge in [-0.2, -0.15) is 4.39 Å². The van der Waals surface area contributed by atoms with Crippen molar-refractivity contribution in [3.05, 3.63) is 63.2 Å². The molecule has 1 aliphatic rings. The molecule has 1 saturated heterocycles. The zero-order chi connectivity index (χ0) is 30.0. The van der Waals surface area contributed by atoms with Gasteiger partial charge in [0.25, 0.3) is 5.56 Å². The Morgan fingerprint density at radius 1 is 1.27 bits per heavy atom. The first kappa shape index (κ1) is 31.6. The van der Waals surface area contributed by atoms with Crippen molar-refractivity contribution in [3.8, 4) is 5.75 Å². The molecule has 1 aromatic carbocycles. The molecule has 0 spiro atoms. The number of para-hydroxylation sites is 1. The Kier molecular flexibility index (Phi) is 9.42. The second-order valence-corrected chi connectivity index (χ2v) is 12.5. The fraction of sp³-hybridized carbons (Fsp3) is 0.560. The molecule has 2 heterocycles. The minimum atomic E-state index is -4.26. The van der Waals surface area contributed by atoms with Crippen LogP contribution in [0.15, 0.2) is 46.1 Å². The summed E-state index contributed by atoms with van der Waals surface area (Å²) >= 11 is 0. The van der Waals surface area contributed by atoms with Crippen LogP contribution in [0.3, 0.4) is 0 Å². The van der Waals surface area contributed by atoms with Crippen molar-refractivity contribution < 1.29 is 41.8 Å². The maximum absolute atomic E-state index is 14.3. The Morgan fingerprint density at radius 3 is 2.48 bits per heavy atom. The fourth-order valence-corrected chi connectivity index (χ4v) is 6.59. The number of carbonyl (C=O) groups excluding carboxylic acids is 1. The molecule has 3 rings (SSSR count). The van der Waals surface area contributed by atoms with E-state index in [1.807, 2.05) is 0 Å². The van der Waals surface area contributed by atoms with Crippen molar-refractivity contribution >= 4 is 13.6 Å². The van der Waals surface area contributed by atoms with E-state index in [1.54, 1.807) is 37.0 Å². The molecule has 12 nitrogen and oxygen atoms in total. The number of nitrogens with one attached hydrogen (secondary N) is 1. The number of aromatic amines is 1. The van der Waals surface area contributed by atoms with Crippen molar-refractivity contribution in [1.82, 2.24) is 9.55 Å². The molecule has 6 atom stereocenters. The van der Waals surface area contributed by atoms with E-state index >= 15 is 0 Å². The summed E-state index contributed by atoms with van der Waals surface area (Å²) in [6.45, 7) is 6.07. The van der Waals surface area contributed by atoms with Crippen LogP contribution in [-0.4, -0.2) is 62.9 Å². The van der Waals surface area contributed by atoms with Crippen molar-refractivity contribution in [2.45, 2.75) is 70.3 Å². The molecule has 2 aromatic rings. The first-order valence-electron chi connectivity index (χ1n) is 12.5. The number of aliphatic hydroxyl groups is 1. The van der Waals surface area contributed by atoms with Gasteiger partial charge in [-0.3, -0.25) is 23.7 Å². The average Bonchev–Trinajstić information content (AvgIpc) is 3.12. The number of ether oxygens (including phenoxy) is 2. The predicted molar refractivity (Wildman–Crippen MR) is 139 cm³/mol. The third kappa shape index (κ3) is 6.69. The maximum Gasteiger partial charge on any atom is 0.380 e. The molecule has 1 aromatic heterocycles. The highest BCUT2D eigenvalue weighted by Gasteiger charge is 2.61. The number of esters is 1. The van der Waals surface area contributed by atoms with Crippen molar-refractivity contribution in [2.75, 3.05) is 12.8 Å². The highest BCUT2D eigenvalue weighted by Crippen LogP contribution is 2.55. The summed E-state index contributed by atoms with van der Waals surface area (Å²) in [6, 6.07) is 7.99. The first-order chi connectivity index (χ1) is 18.5. The topological polar surface area (TPSA) is 172 Å². The highest BCUT2D eigenvalue weighted by atomic mass is 31.2. The summed E-state index contributed by atoms with van der Waals surface area (Å²) < 4.78 is 65.7. The normalized spacial score (nSPS) is 25.4. The molecular formula is C25H34F2N3O9P. The van der Waals surface area contributed by atoms with Crippen LogP contribution in [-0.2, 0) is 23.4 Å². The lowest BCUT2D eigenvalue weighted by Crippen LogP contribution is -2.59. The van der Waals surface area contributed by atoms with Crippen LogP contribution in [0.1, 0.15) is 40.8 Å². The van der Waals surface area contributed by atoms with Crippen LogP contribution in [0.25, 0.3) is 0 Å². The lowest BCUT2D eigenvalue weighted by atomic mass is 9.86. The second-order valence-electron chi connectivity index (χ2n) is 10.5. The average molecular weight is 590 g/mol. The number of H-pyrrole nitrogens is 1. The Morgan fingerprint density at radius 2 is 1.90 bits per heavy atom. The van der Waals surface area contributed by atoms with Gasteiger partial charge in [0.05, 0.1) is 24.4 Å². The van der Waals surface area contributed by atoms with Crippen molar-refractivity contribution in [3.63, 3.8) is 0 Å². The van der Waals surface area contributed by atoms with Gasteiger partial charge in [-0.05, 0) is 39.8 Å². The van der Waals surface area contributed by atoms with Crippen LogP contribution < -0.4 is 21.5 Å². The van der Waals surface area contributed by atoms with Crippen LogP contribution in [0.5, 0.6) is 5.75 Å². The van der Waals surface area contributed by atoms with Gasteiger partial charge in [-0.25, -0.2) is 13.8 Å². The first-order valence-corrected chi connectivity index (χ1v) is 14.2. The van der Waals surface area contributed by atoms with Gasteiger partial charge in [-0.1, -0.05) is 25.1 Å². The summed E-state index contributed by atoms with van der Waals surface area (Å²) in [5.74, 6) is -2.81. The van der Waals surface area contributed by atoms with Gasteiger partial charge in [0, 0.05) is 0 Å². The van der Waals surface area contributed by atoms with E-state index in [-0.39, 0.29) is 5.75 Å². The summed E-state index contributed by atoms with van der Waals surface area (Å²) in [5, 5.41) is 11.1. The van der Waals surface area contributed by atoms with Crippen LogP contribution in [0, 0.1) is 11.7 Å². The predicted octanol–water partition coefficient (Wildman–Crippen LogP) is 2.26. The standard InChI is InChI=1S/C25H34F2N3O9P/c1-14(2)36-21(33)15(3)12-40(35,38-16-9-7-6-8-10-16)39-24(4,5)19-18(31)25(28,13-26)22(37-19)30-11-17(27)20(32)29-23(30)34/h6-11,14-15,18-19,22,31H,12-13,28H2,1-5H3,(H,29,32,34)/t15-,18+,19+,22-,25?,40?/m1/s1. The number of aliphatic hydroxyl groups excluding tert-OH is 1. The minimum absolute atomic E-state index is 0.157. The summed E-state index contributed by atoms with van der Waals surface area (Å²) in [4.78, 5) is 38.1. The maximum atomic E-state index is 14.3. The van der Waals surface area contributed by atoms with E-state index in [2.05, 4.69) is 0 Å². The lowest BCUT2D eigenvalue weighted by Gasteiger charge is -2.37. The van der Waals surface area contributed by atoms with Crippen LogP contribution >= 0.6 is 7.60 Å². The number of nitrogens with zero attached hydrogens (tertiary/aromatic N) is 1. The Bertz CT molecular complexity index is 1370. The van der Waals surface area contributed by atoms with Gasteiger partial charge < -0.3 is 24.8 Å². The van der Waals surface area contributed by atoms with E-state index in [0.29, 0.717) is 10.8 Å². The molecule has 0 bridgehead atoms. The van der Waals surface area contributed by atoms with Gasteiger partial charge in [-0.15, -0.1) is 0 Å². The Labute approximate surface area is 228 Å². The molecule has 0 aliphatic carbocycles. The number of benzene rings is 1. The number of alkyl halides is 1. The van der Waals surface area contributed by atoms with Crippen molar-refractivity contribution in [1.29, 1.82) is 0 Å². The number of rotatable bonds is 11. The smallest absolute Gasteiger partial charge is 0.380 e. The molecule has 0 saturated carbocycles. The number of nitrogens with two attached hydrogens (primary N) is 1. The van der Waals surface area contributed by atoms with Crippen molar-refractivity contribution in [2.24, 2.45) is 11.7 Å². The van der Waals surface area contributed by atoms with E-state index < -0.39 is 85.1 Å². The lowest BCUT2D eigenvalue weighted by molar-refractivity contribution is -0.151. The third-order valence-electron chi connectivity index (χ3n) is 6.28. The Balaban J connectivity index is 1.98. The second kappa shape index (κ2) is 11.9. The number of hydrogen-bond donors (Lipinski definition) is 3. The van der Waals surface area contributed by atoms with Gasteiger partial charge >= 0.3 is 19.3 Å². The number of hydrogen-bond acceptors (Lipinski definition) is 10. The van der Waals surface area contributed by atoms with Gasteiger partial charge in [0.15, 0.2) is 6.23 Å². The van der Waals surface area contributed by atoms with E-state index in [1.165, 1.54) is 32.9 Å². The number of aromatic nitrogens is 2. The highest BCUT2D eigenvalue weighted by molar-refractivity contribution is 7.54. The molecule has 0 amide bonds. The molecule has 222 valence electrons. The van der Waals surface area contributed by atoms with Crippen LogP contribution in [0.4, 0.5) is 8.78 Å². The summed E-state index contributed by atoms with van der Waals surface area (Å²) in [6.07, 6.45) is -5.62. The Hall–Kier alpha value is -2.90. The van der Waals surface area contributed by atoms with Gasteiger partial charge in [0.1, 0.15) is 35.8 Å². The van der Waals surface area contributed by atoms with Gasteiger partial charge in [0.2, 0.25) is 5.82 Å². The zero-order valence-electron chi connectivity index (χ0n) is 22.7. The number of carbonyl (C=O) groups is 1. The minimum Gasteiger partial charge on any atom is -0.463 e. The van der Waals surface area contributed by atoms with E-state index in [9.17, 15) is 32.8 Å². The molecule has 1 aliphatic heterocycles. The molecule has 2 unspecified atom stereocenters. The molecule has 15 heteroatoms. The third-order valence-corrected chi connectivity index (χ3v) is 8.51. The SMILES string of the molecule is CC(C)OC(=O)[C@H](C)CP(=O)(Oc1ccccc1)OC(C)(C)[C@H]1O[C@@H](n2cc(F)c(=O)[nH]c2=O)C(N)(CF)[C@H]1O. The van der Waals surface area contributed by atoms with E-state index in [0.717, 1.165) is 0 Å². The van der Waals surface area contributed by atoms with Crippen LogP contribution in [0.2, 0.25) is 0 Å². The molecule has 1 fully saturated rings. The molecule has 40 heavy (non-hydrogen) atoms.